The van der Waals surface area contributed by atoms with Crippen LogP contribution in [-0.4, -0.2) is 28.9 Å². The zero-order valence-electron chi connectivity index (χ0n) is 15.3. The molecule has 26 heavy (non-hydrogen) atoms. The molecular weight excluding hydrogens is 367 g/mol. The van der Waals surface area contributed by atoms with E-state index in [9.17, 15) is 4.79 Å². The molecule has 1 N–H and O–H groups in total. The van der Waals surface area contributed by atoms with Gasteiger partial charge in [-0.1, -0.05) is 42.6 Å². The van der Waals surface area contributed by atoms with Gasteiger partial charge >= 0.3 is 0 Å². The molecule has 3 fully saturated rings. The molecule has 1 amide bonds. The molecule has 3 nitrogen and oxygen atoms in total. The van der Waals surface area contributed by atoms with Crippen molar-refractivity contribution in [1.29, 1.82) is 0 Å². The lowest BCUT2D eigenvalue weighted by atomic mass is 9.89. The van der Waals surface area contributed by atoms with Crippen LogP contribution < -0.4 is 5.32 Å². The number of carbonyl (C=O) groups is 1. The number of hydrogen-bond acceptors (Lipinski definition) is 2. The van der Waals surface area contributed by atoms with Crippen LogP contribution in [0.3, 0.4) is 0 Å². The highest BCUT2D eigenvalue weighted by atomic mass is 35.5. The molecule has 4 rings (SSSR count). The Bertz CT molecular complexity index is 606. The second-order valence-electron chi connectivity index (χ2n) is 8.23. The monoisotopic (exact) mass is 396 g/mol. The van der Waals surface area contributed by atoms with Crippen LogP contribution in [0.1, 0.15) is 63.4 Å². The molecule has 2 heterocycles. The van der Waals surface area contributed by atoms with E-state index in [-0.39, 0.29) is 12.4 Å². The average Bonchev–Trinajstić information content (AvgIpc) is 3.24. The molecule has 0 radical (unpaired) electrons. The predicted octanol–water partition coefficient (Wildman–Crippen LogP) is 4.95. The van der Waals surface area contributed by atoms with Gasteiger partial charge in [-0.25, -0.2) is 0 Å². The third kappa shape index (κ3) is 4.55. The Morgan fingerprint density at radius 2 is 1.73 bits per heavy atom. The van der Waals surface area contributed by atoms with Gasteiger partial charge in [0.05, 0.1) is 0 Å². The van der Waals surface area contributed by atoms with Gasteiger partial charge in [-0.05, 0) is 56.1 Å². The molecule has 5 heteroatoms. The maximum absolute atomic E-state index is 13.2. The minimum Gasteiger partial charge on any atom is -0.335 e. The number of halogens is 2. The van der Waals surface area contributed by atoms with Crippen molar-refractivity contribution < 1.29 is 4.79 Å². The summed E-state index contributed by atoms with van der Waals surface area (Å²) in [5.41, 5.74) is 1.08. The van der Waals surface area contributed by atoms with Gasteiger partial charge in [0, 0.05) is 36.1 Å². The summed E-state index contributed by atoms with van der Waals surface area (Å²) in [6, 6.07) is 9.67. The van der Waals surface area contributed by atoms with Crippen molar-refractivity contribution in [3.63, 3.8) is 0 Å². The smallest absolute Gasteiger partial charge is 0.223 e. The summed E-state index contributed by atoms with van der Waals surface area (Å²) in [6.07, 6.45) is 10.4. The van der Waals surface area contributed by atoms with Crippen molar-refractivity contribution in [2.24, 2.45) is 5.92 Å². The lowest BCUT2D eigenvalue weighted by Gasteiger charge is -2.33. The van der Waals surface area contributed by atoms with Gasteiger partial charge in [0.1, 0.15) is 0 Å². The van der Waals surface area contributed by atoms with E-state index in [1.807, 2.05) is 18.2 Å². The Labute approximate surface area is 168 Å². The minimum absolute atomic E-state index is 0. The summed E-state index contributed by atoms with van der Waals surface area (Å²) in [4.78, 5) is 15.4. The number of benzene rings is 1. The molecule has 2 unspecified atom stereocenters. The quantitative estimate of drug-likeness (QED) is 0.762. The molecule has 2 atom stereocenters. The highest BCUT2D eigenvalue weighted by Gasteiger charge is 2.36. The zero-order chi connectivity index (χ0) is 17.2. The first kappa shape index (κ1) is 20.0. The topological polar surface area (TPSA) is 32.3 Å². The van der Waals surface area contributed by atoms with E-state index in [0.29, 0.717) is 36.5 Å². The molecule has 1 aromatic rings. The average molecular weight is 397 g/mol. The zero-order valence-corrected chi connectivity index (χ0v) is 16.9. The molecule has 3 aliphatic rings. The lowest BCUT2D eigenvalue weighted by molar-refractivity contribution is -0.135. The van der Waals surface area contributed by atoms with E-state index >= 15 is 0 Å². The Kier molecular flexibility index (Phi) is 6.87. The van der Waals surface area contributed by atoms with Gasteiger partial charge in [-0.3, -0.25) is 4.79 Å². The molecule has 0 spiro atoms. The summed E-state index contributed by atoms with van der Waals surface area (Å²) >= 11 is 6.37. The summed E-state index contributed by atoms with van der Waals surface area (Å²) in [5, 5.41) is 4.46. The number of nitrogens with one attached hydrogen (secondary N) is 1. The van der Waals surface area contributed by atoms with Crippen LogP contribution in [-0.2, 0) is 11.3 Å². The van der Waals surface area contributed by atoms with Gasteiger partial charge in [0.2, 0.25) is 5.91 Å². The van der Waals surface area contributed by atoms with Crippen molar-refractivity contribution in [1.82, 2.24) is 10.2 Å². The second-order valence-corrected chi connectivity index (χ2v) is 8.64. The van der Waals surface area contributed by atoms with Gasteiger partial charge < -0.3 is 10.2 Å². The molecule has 2 aliphatic heterocycles. The van der Waals surface area contributed by atoms with E-state index in [4.69, 9.17) is 11.6 Å². The first-order chi connectivity index (χ1) is 12.2. The third-order valence-electron chi connectivity index (χ3n) is 6.42. The molecular formula is C21H30Cl2N2O. The van der Waals surface area contributed by atoms with Crippen molar-refractivity contribution in [3.05, 3.63) is 34.9 Å². The van der Waals surface area contributed by atoms with Crippen molar-refractivity contribution in [2.45, 2.75) is 82.5 Å². The molecule has 1 saturated carbocycles. The van der Waals surface area contributed by atoms with E-state index < -0.39 is 0 Å². The standard InChI is InChI=1S/C21H29ClN2O.ClH/c22-20-8-4-1-5-16(20)14-24(19-6-2-3-7-19)21(25)13-15-11-17-9-10-18(12-15)23-17;/h1,4-5,8,15,17-19,23H,2-3,6-7,9-14H2;1H. The summed E-state index contributed by atoms with van der Waals surface area (Å²) in [6.45, 7) is 0.668. The Balaban J connectivity index is 0.00000196. The van der Waals surface area contributed by atoms with Crippen molar-refractivity contribution >= 4 is 29.9 Å². The Morgan fingerprint density at radius 1 is 1.08 bits per heavy atom. The van der Waals surface area contributed by atoms with Crippen molar-refractivity contribution in [2.75, 3.05) is 0 Å². The highest BCUT2D eigenvalue weighted by molar-refractivity contribution is 6.31. The van der Waals surface area contributed by atoms with Crippen LogP contribution >= 0.6 is 24.0 Å². The number of rotatable bonds is 5. The highest BCUT2D eigenvalue weighted by Crippen LogP contribution is 2.34. The number of fused-ring (bicyclic) bond motifs is 2. The van der Waals surface area contributed by atoms with Gasteiger partial charge in [-0.15, -0.1) is 12.4 Å². The first-order valence-electron chi connectivity index (χ1n) is 9.98. The number of carbonyl (C=O) groups excluding carboxylic acids is 1. The molecule has 1 aromatic carbocycles. The third-order valence-corrected chi connectivity index (χ3v) is 6.79. The SMILES string of the molecule is Cl.O=C(CC1CC2CCC(C1)N2)N(Cc1ccccc1Cl)C1CCCC1. The number of piperidine rings is 1. The molecule has 0 aromatic heterocycles. The van der Waals surface area contributed by atoms with Crippen LogP contribution in [0.15, 0.2) is 24.3 Å². The van der Waals surface area contributed by atoms with E-state index in [1.165, 1.54) is 38.5 Å². The number of nitrogens with zero attached hydrogens (tertiary/aromatic N) is 1. The largest absolute Gasteiger partial charge is 0.335 e. The Morgan fingerprint density at radius 3 is 2.38 bits per heavy atom. The van der Waals surface area contributed by atoms with Crippen molar-refractivity contribution in [3.8, 4) is 0 Å². The number of hydrogen-bond donors (Lipinski definition) is 1. The van der Waals surface area contributed by atoms with Gasteiger partial charge in [0.15, 0.2) is 0 Å². The fourth-order valence-corrected chi connectivity index (χ4v) is 5.35. The van der Waals surface area contributed by atoms with Crippen LogP contribution in [0.2, 0.25) is 5.02 Å². The summed E-state index contributed by atoms with van der Waals surface area (Å²) in [5.74, 6) is 0.902. The van der Waals surface area contributed by atoms with Gasteiger partial charge in [0.25, 0.3) is 0 Å². The first-order valence-corrected chi connectivity index (χ1v) is 10.4. The number of amides is 1. The molecule has 2 bridgehead atoms. The molecule has 144 valence electrons. The summed E-state index contributed by atoms with van der Waals surface area (Å²) < 4.78 is 0. The van der Waals surface area contributed by atoms with Crippen LogP contribution in [0.5, 0.6) is 0 Å². The minimum atomic E-state index is 0. The van der Waals surface area contributed by atoms with E-state index in [0.717, 1.165) is 29.8 Å². The maximum Gasteiger partial charge on any atom is 0.223 e. The Hall–Kier alpha value is -0.770. The van der Waals surface area contributed by atoms with Crippen LogP contribution in [0, 0.1) is 5.92 Å². The van der Waals surface area contributed by atoms with Crippen LogP contribution in [0.25, 0.3) is 0 Å². The van der Waals surface area contributed by atoms with E-state index in [1.54, 1.807) is 0 Å². The predicted molar refractivity (Wildman–Crippen MR) is 109 cm³/mol. The fourth-order valence-electron chi connectivity index (χ4n) is 5.15. The summed E-state index contributed by atoms with van der Waals surface area (Å²) in [7, 11) is 0. The fraction of sp³-hybridized carbons (Fsp3) is 0.667. The molecule has 2 saturated heterocycles. The van der Waals surface area contributed by atoms with E-state index in [2.05, 4.69) is 16.3 Å². The molecule has 1 aliphatic carbocycles. The lowest BCUT2D eigenvalue weighted by Crippen LogP contribution is -2.42. The normalized spacial score (nSPS) is 28.0. The van der Waals surface area contributed by atoms with Gasteiger partial charge in [-0.2, -0.15) is 0 Å². The second kappa shape index (κ2) is 8.95. The maximum atomic E-state index is 13.2. The van der Waals surface area contributed by atoms with Crippen LogP contribution in [0.4, 0.5) is 0 Å².